The molecular weight excluding hydrogens is 354 g/mol. The molecule has 1 aromatic carbocycles. The second-order valence-electron chi connectivity index (χ2n) is 5.84. The van der Waals surface area contributed by atoms with E-state index >= 15 is 0 Å². The smallest absolute Gasteiger partial charge is 0.268 e. The van der Waals surface area contributed by atoms with Gasteiger partial charge in [0.1, 0.15) is 10.5 Å². The van der Waals surface area contributed by atoms with Gasteiger partial charge in [0.2, 0.25) is 0 Å². The number of amides is 1. The van der Waals surface area contributed by atoms with Crippen LogP contribution in [0.1, 0.15) is 11.4 Å². The van der Waals surface area contributed by atoms with Gasteiger partial charge in [-0.1, -0.05) is 6.07 Å². The fourth-order valence-electron chi connectivity index (χ4n) is 2.45. The van der Waals surface area contributed by atoms with E-state index in [9.17, 15) is 9.59 Å². The molecule has 2 aromatic heterocycles. The monoisotopic (exact) mass is 373 g/mol. The lowest BCUT2D eigenvalue weighted by molar-refractivity contribution is -0.132. The number of hydrogen-bond acceptors (Lipinski definition) is 6. The number of aryl methyl sites for hydroxylation is 1. The molecule has 0 unspecified atom stereocenters. The van der Waals surface area contributed by atoms with Crippen LogP contribution in [-0.2, 0) is 11.3 Å². The SMILES string of the molecule is COc1cc(C)ccc1OCC(=O)N(C)Cc1nc2ccsc2c(=O)[nH]1. The van der Waals surface area contributed by atoms with Crippen LogP contribution in [-0.4, -0.2) is 41.5 Å². The van der Waals surface area contributed by atoms with E-state index < -0.39 is 0 Å². The molecule has 1 amide bonds. The van der Waals surface area contributed by atoms with Gasteiger partial charge in [-0.15, -0.1) is 11.3 Å². The van der Waals surface area contributed by atoms with Crippen molar-refractivity contribution >= 4 is 27.5 Å². The lowest BCUT2D eigenvalue weighted by Gasteiger charge is -2.17. The molecule has 3 aromatic rings. The quantitative estimate of drug-likeness (QED) is 0.717. The molecule has 2 heterocycles. The molecule has 0 bridgehead atoms. The molecule has 0 spiro atoms. The van der Waals surface area contributed by atoms with Crippen molar-refractivity contribution in [2.75, 3.05) is 20.8 Å². The molecule has 0 saturated carbocycles. The minimum atomic E-state index is -0.235. The predicted molar refractivity (Wildman–Crippen MR) is 99.9 cm³/mol. The Morgan fingerprint density at radius 1 is 1.31 bits per heavy atom. The largest absolute Gasteiger partial charge is 0.493 e. The van der Waals surface area contributed by atoms with Crippen LogP contribution in [0.4, 0.5) is 0 Å². The lowest BCUT2D eigenvalue weighted by Crippen LogP contribution is -2.32. The molecule has 0 atom stereocenters. The van der Waals surface area contributed by atoms with E-state index in [1.165, 1.54) is 16.2 Å². The number of methoxy groups -OCH3 is 1. The van der Waals surface area contributed by atoms with Crippen LogP contribution >= 0.6 is 11.3 Å². The third-order valence-electron chi connectivity index (χ3n) is 3.85. The van der Waals surface area contributed by atoms with Crippen molar-refractivity contribution in [3.05, 3.63) is 51.4 Å². The van der Waals surface area contributed by atoms with Gasteiger partial charge in [-0.25, -0.2) is 4.98 Å². The van der Waals surface area contributed by atoms with Gasteiger partial charge in [0.25, 0.3) is 11.5 Å². The Balaban J connectivity index is 1.65. The van der Waals surface area contributed by atoms with Crippen LogP contribution in [0, 0.1) is 6.92 Å². The standard InChI is InChI=1S/C18H19N3O4S/c1-11-4-5-13(14(8-11)24-3)25-10-16(22)21(2)9-15-19-12-6-7-26-17(12)18(23)20-15/h4-8H,9-10H2,1-3H3,(H,19,20,23). The van der Waals surface area contributed by atoms with E-state index in [-0.39, 0.29) is 24.6 Å². The summed E-state index contributed by atoms with van der Waals surface area (Å²) in [6.45, 7) is 2.00. The zero-order valence-electron chi connectivity index (χ0n) is 14.7. The maximum atomic E-state index is 12.3. The van der Waals surface area contributed by atoms with E-state index in [2.05, 4.69) is 9.97 Å². The fraction of sp³-hybridized carbons (Fsp3) is 0.278. The molecule has 0 aliphatic rings. The van der Waals surface area contributed by atoms with Gasteiger partial charge >= 0.3 is 0 Å². The number of benzene rings is 1. The van der Waals surface area contributed by atoms with Gasteiger partial charge in [0.05, 0.1) is 19.2 Å². The van der Waals surface area contributed by atoms with Gasteiger partial charge < -0.3 is 19.4 Å². The van der Waals surface area contributed by atoms with Gasteiger partial charge in [0, 0.05) is 7.05 Å². The Bertz CT molecular complexity index is 996. The number of rotatable bonds is 6. The number of thiophene rings is 1. The maximum Gasteiger partial charge on any atom is 0.268 e. The highest BCUT2D eigenvalue weighted by atomic mass is 32.1. The zero-order chi connectivity index (χ0) is 18.7. The number of carbonyl (C=O) groups excluding carboxylic acids is 1. The number of carbonyl (C=O) groups is 1. The number of H-pyrrole nitrogens is 1. The Labute approximate surface area is 154 Å². The molecule has 1 N–H and O–H groups in total. The highest BCUT2D eigenvalue weighted by Gasteiger charge is 2.14. The molecule has 8 heteroatoms. The number of ether oxygens (including phenoxy) is 2. The van der Waals surface area contributed by atoms with Crippen LogP contribution in [0.3, 0.4) is 0 Å². The normalized spacial score (nSPS) is 10.7. The van der Waals surface area contributed by atoms with Crippen LogP contribution in [0.25, 0.3) is 10.2 Å². The van der Waals surface area contributed by atoms with E-state index in [0.29, 0.717) is 27.5 Å². The van der Waals surface area contributed by atoms with Gasteiger partial charge in [-0.2, -0.15) is 0 Å². The van der Waals surface area contributed by atoms with Crippen molar-refractivity contribution in [3.63, 3.8) is 0 Å². The van der Waals surface area contributed by atoms with Gasteiger partial charge in [-0.3, -0.25) is 9.59 Å². The van der Waals surface area contributed by atoms with Crippen LogP contribution in [0.2, 0.25) is 0 Å². The first-order valence-electron chi connectivity index (χ1n) is 7.95. The van der Waals surface area contributed by atoms with E-state index in [0.717, 1.165) is 5.56 Å². The van der Waals surface area contributed by atoms with Crippen LogP contribution in [0.5, 0.6) is 11.5 Å². The second kappa shape index (κ2) is 7.57. The first kappa shape index (κ1) is 17.9. The van der Waals surface area contributed by atoms with Crippen molar-refractivity contribution in [2.24, 2.45) is 0 Å². The van der Waals surface area contributed by atoms with Gasteiger partial charge in [-0.05, 0) is 36.1 Å². The number of aromatic nitrogens is 2. The third kappa shape index (κ3) is 3.85. The van der Waals surface area contributed by atoms with Crippen LogP contribution in [0.15, 0.2) is 34.4 Å². The summed E-state index contributed by atoms with van der Waals surface area (Å²) in [5.74, 6) is 1.28. The maximum absolute atomic E-state index is 12.3. The van der Waals surface area contributed by atoms with E-state index in [1.54, 1.807) is 26.3 Å². The first-order chi connectivity index (χ1) is 12.5. The zero-order valence-corrected chi connectivity index (χ0v) is 15.6. The summed E-state index contributed by atoms with van der Waals surface area (Å²) >= 11 is 1.34. The molecule has 0 aliphatic heterocycles. The summed E-state index contributed by atoms with van der Waals surface area (Å²) in [5, 5.41) is 1.81. The van der Waals surface area contributed by atoms with E-state index in [1.807, 2.05) is 24.4 Å². The number of nitrogens with one attached hydrogen (secondary N) is 1. The first-order valence-corrected chi connectivity index (χ1v) is 8.83. The summed E-state index contributed by atoms with van der Waals surface area (Å²) in [6, 6.07) is 7.28. The molecule has 0 saturated heterocycles. The van der Waals surface area contributed by atoms with Crippen molar-refractivity contribution in [1.82, 2.24) is 14.9 Å². The van der Waals surface area contributed by atoms with Crippen molar-refractivity contribution in [2.45, 2.75) is 13.5 Å². The highest BCUT2D eigenvalue weighted by molar-refractivity contribution is 7.17. The Hall–Kier alpha value is -2.87. The summed E-state index contributed by atoms with van der Waals surface area (Å²) in [7, 11) is 3.19. The van der Waals surface area contributed by atoms with Crippen molar-refractivity contribution < 1.29 is 14.3 Å². The molecule has 0 aliphatic carbocycles. The van der Waals surface area contributed by atoms with E-state index in [4.69, 9.17) is 9.47 Å². The van der Waals surface area contributed by atoms with Gasteiger partial charge in [0.15, 0.2) is 18.1 Å². The summed E-state index contributed by atoms with van der Waals surface area (Å²) < 4.78 is 11.4. The number of nitrogens with zero attached hydrogens (tertiary/aromatic N) is 2. The molecule has 3 rings (SSSR count). The third-order valence-corrected chi connectivity index (χ3v) is 4.75. The Kier molecular flexibility index (Phi) is 5.22. The summed E-state index contributed by atoms with van der Waals surface area (Å²) in [5.41, 5.74) is 1.48. The highest BCUT2D eigenvalue weighted by Crippen LogP contribution is 2.27. The molecule has 7 nitrogen and oxygen atoms in total. The lowest BCUT2D eigenvalue weighted by atomic mass is 10.2. The van der Waals surface area contributed by atoms with Crippen molar-refractivity contribution in [1.29, 1.82) is 0 Å². The topological polar surface area (TPSA) is 84.5 Å². The summed E-state index contributed by atoms with van der Waals surface area (Å²) in [4.78, 5) is 32.9. The Morgan fingerprint density at radius 3 is 2.88 bits per heavy atom. The number of fused-ring (bicyclic) bond motifs is 1. The fourth-order valence-corrected chi connectivity index (χ4v) is 3.18. The second-order valence-corrected chi connectivity index (χ2v) is 6.76. The molecule has 0 fully saturated rings. The molecule has 136 valence electrons. The average Bonchev–Trinajstić information content (AvgIpc) is 3.09. The minimum Gasteiger partial charge on any atom is -0.493 e. The number of likely N-dealkylation sites (N-methyl/N-ethyl adjacent to an activating group) is 1. The predicted octanol–water partition coefficient (Wildman–Crippen LogP) is 2.34. The summed E-state index contributed by atoms with van der Waals surface area (Å²) in [6.07, 6.45) is 0. The average molecular weight is 373 g/mol. The molecular formula is C18H19N3O4S. The number of aromatic amines is 1. The number of hydrogen-bond donors (Lipinski definition) is 1. The molecule has 26 heavy (non-hydrogen) atoms. The van der Waals surface area contributed by atoms with Crippen LogP contribution < -0.4 is 15.0 Å². The molecule has 0 radical (unpaired) electrons. The minimum absolute atomic E-state index is 0.138. The Morgan fingerprint density at radius 2 is 2.12 bits per heavy atom. The van der Waals surface area contributed by atoms with Crippen molar-refractivity contribution in [3.8, 4) is 11.5 Å².